The molecule has 114 valence electrons. The molecule has 0 aromatic carbocycles. The van der Waals surface area contributed by atoms with Crippen molar-refractivity contribution < 1.29 is 0 Å². The van der Waals surface area contributed by atoms with Crippen molar-refractivity contribution >= 4 is 0 Å². The van der Waals surface area contributed by atoms with Crippen LogP contribution in [-0.2, 0) is 6.54 Å². The lowest BCUT2D eigenvalue weighted by Crippen LogP contribution is -2.35. The number of hydrogen-bond acceptors (Lipinski definition) is 3. The highest BCUT2D eigenvalue weighted by Gasteiger charge is 2.24. The smallest absolute Gasteiger partial charge is 0.0527 e. The Morgan fingerprint density at radius 2 is 2.29 bits per heavy atom. The van der Waals surface area contributed by atoms with E-state index in [0.29, 0.717) is 12.0 Å². The lowest BCUT2D eigenvalue weighted by atomic mass is 9.93. The zero-order chi connectivity index (χ0) is 14.8. The Bertz CT molecular complexity index is 583. The molecule has 2 aromatic heterocycles. The molecule has 0 bridgehead atoms. The van der Waals surface area contributed by atoms with Crippen LogP contribution < -0.4 is 0 Å². The fourth-order valence-corrected chi connectivity index (χ4v) is 3.37. The van der Waals surface area contributed by atoms with Gasteiger partial charge in [0.2, 0.25) is 0 Å². The number of rotatable bonds is 4. The van der Waals surface area contributed by atoms with Gasteiger partial charge < -0.3 is 0 Å². The van der Waals surface area contributed by atoms with E-state index >= 15 is 0 Å². The SMILES string of the molecule is Cc1cn[nH]c1[C@@H]1CCCN(Cc2ccnn2C(C)C)C1. The van der Waals surface area contributed by atoms with Crippen LogP contribution in [0.15, 0.2) is 18.5 Å². The summed E-state index contributed by atoms with van der Waals surface area (Å²) in [5.41, 5.74) is 3.91. The maximum Gasteiger partial charge on any atom is 0.0527 e. The van der Waals surface area contributed by atoms with Gasteiger partial charge in [-0.3, -0.25) is 14.7 Å². The van der Waals surface area contributed by atoms with Gasteiger partial charge in [-0.15, -0.1) is 0 Å². The molecule has 5 heteroatoms. The number of likely N-dealkylation sites (tertiary alicyclic amines) is 1. The molecule has 3 heterocycles. The summed E-state index contributed by atoms with van der Waals surface area (Å²) in [7, 11) is 0. The number of hydrogen-bond donors (Lipinski definition) is 1. The number of aryl methyl sites for hydroxylation is 1. The molecule has 5 nitrogen and oxygen atoms in total. The quantitative estimate of drug-likeness (QED) is 0.940. The summed E-state index contributed by atoms with van der Waals surface area (Å²) < 4.78 is 2.13. The van der Waals surface area contributed by atoms with Crippen molar-refractivity contribution in [1.29, 1.82) is 0 Å². The molecule has 1 aliphatic rings. The maximum atomic E-state index is 4.44. The molecule has 2 aromatic rings. The molecule has 0 amide bonds. The van der Waals surface area contributed by atoms with Gasteiger partial charge in [-0.25, -0.2) is 0 Å². The standard InChI is InChI=1S/C16H25N5/c1-12(2)21-15(6-7-18-21)11-20-8-4-5-14(10-20)16-13(3)9-17-19-16/h6-7,9,12,14H,4-5,8,10-11H2,1-3H3,(H,17,19)/t14-/m1/s1. The summed E-state index contributed by atoms with van der Waals surface area (Å²) in [6.45, 7) is 9.78. The second-order valence-corrected chi connectivity index (χ2v) is 6.40. The zero-order valence-corrected chi connectivity index (χ0v) is 13.2. The van der Waals surface area contributed by atoms with Crippen molar-refractivity contribution in [3.8, 4) is 0 Å². The minimum absolute atomic E-state index is 0.422. The van der Waals surface area contributed by atoms with E-state index in [-0.39, 0.29) is 0 Å². The highest BCUT2D eigenvalue weighted by Crippen LogP contribution is 2.28. The first-order valence-corrected chi connectivity index (χ1v) is 7.89. The van der Waals surface area contributed by atoms with Crippen LogP contribution in [0.25, 0.3) is 0 Å². The van der Waals surface area contributed by atoms with E-state index in [2.05, 4.69) is 51.7 Å². The Balaban J connectivity index is 1.69. The lowest BCUT2D eigenvalue weighted by molar-refractivity contribution is 0.192. The van der Waals surface area contributed by atoms with Gasteiger partial charge >= 0.3 is 0 Å². The van der Waals surface area contributed by atoms with Crippen molar-refractivity contribution in [2.24, 2.45) is 0 Å². The molecule has 1 N–H and O–H groups in total. The topological polar surface area (TPSA) is 49.7 Å². The van der Waals surface area contributed by atoms with E-state index in [0.717, 1.165) is 13.1 Å². The minimum Gasteiger partial charge on any atom is -0.297 e. The van der Waals surface area contributed by atoms with Gasteiger partial charge in [0.1, 0.15) is 0 Å². The van der Waals surface area contributed by atoms with Crippen molar-refractivity contribution in [2.45, 2.75) is 52.1 Å². The first-order valence-electron chi connectivity index (χ1n) is 7.89. The summed E-state index contributed by atoms with van der Waals surface area (Å²) in [6, 6.07) is 2.57. The molecule has 0 radical (unpaired) electrons. The monoisotopic (exact) mass is 287 g/mol. The fraction of sp³-hybridized carbons (Fsp3) is 0.625. The summed E-state index contributed by atoms with van der Waals surface area (Å²) in [5.74, 6) is 0.580. The lowest BCUT2D eigenvalue weighted by Gasteiger charge is -2.32. The molecular formula is C16H25N5. The van der Waals surface area contributed by atoms with Gasteiger partial charge in [-0.05, 0) is 51.8 Å². The average Bonchev–Trinajstić information content (AvgIpc) is 3.08. The molecule has 21 heavy (non-hydrogen) atoms. The molecule has 3 rings (SSSR count). The highest BCUT2D eigenvalue weighted by molar-refractivity contribution is 5.19. The van der Waals surface area contributed by atoms with Crippen LogP contribution >= 0.6 is 0 Å². The van der Waals surface area contributed by atoms with Crippen LogP contribution in [0, 0.1) is 6.92 Å². The normalized spacial score (nSPS) is 20.3. The fourth-order valence-electron chi connectivity index (χ4n) is 3.37. The molecule has 1 aliphatic heterocycles. The van der Waals surface area contributed by atoms with Crippen LogP contribution in [0.4, 0.5) is 0 Å². The zero-order valence-electron chi connectivity index (χ0n) is 13.2. The Kier molecular flexibility index (Phi) is 4.10. The summed E-state index contributed by atoms with van der Waals surface area (Å²) in [4.78, 5) is 2.55. The predicted molar refractivity (Wildman–Crippen MR) is 83.2 cm³/mol. The van der Waals surface area contributed by atoms with Gasteiger partial charge in [0, 0.05) is 36.9 Å². The van der Waals surface area contributed by atoms with Crippen molar-refractivity contribution in [3.63, 3.8) is 0 Å². The molecule has 1 saturated heterocycles. The Labute approximate surface area is 126 Å². The molecule has 0 unspecified atom stereocenters. The van der Waals surface area contributed by atoms with E-state index in [9.17, 15) is 0 Å². The van der Waals surface area contributed by atoms with Gasteiger partial charge in [0.25, 0.3) is 0 Å². The molecular weight excluding hydrogens is 262 g/mol. The van der Waals surface area contributed by atoms with Gasteiger partial charge in [-0.1, -0.05) is 0 Å². The molecule has 0 aliphatic carbocycles. The van der Waals surface area contributed by atoms with E-state index in [4.69, 9.17) is 0 Å². The second kappa shape index (κ2) is 6.02. The Morgan fingerprint density at radius 3 is 3.00 bits per heavy atom. The molecule has 1 atom stereocenters. The van der Waals surface area contributed by atoms with Gasteiger partial charge in [0.15, 0.2) is 0 Å². The number of piperidine rings is 1. The Morgan fingerprint density at radius 1 is 1.43 bits per heavy atom. The number of aromatic amines is 1. The second-order valence-electron chi connectivity index (χ2n) is 6.40. The number of aromatic nitrogens is 4. The van der Waals surface area contributed by atoms with Crippen LogP contribution in [0.2, 0.25) is 0 Å². The van der Waals surface area contributed by atoms with Gasteiger partial charge in [0.05, 0.1) is 11.9 Å². The summed E-state index contributed by atoms with van der Waals surface area (Å²) in [6.07, 6.45) is 6.35. The molecule has 0 saturated carbocycles. The summed E-state index contributed by atoms with van der Waals surface area (Å²) in [5, 5.41) is 11.8. The maximum absolute atomic E-state index is 4.44. The van der Waals surface area contributed by atoms with Crippen molar-refractivity contribution in [2.75, 3.05) is 13.1 Å². The average molecular weight is 287 g/mol. The number of nitrogens with one attached hydrogen (secondary N) is 1. The van der Waals surface area contributed by atoms with E-state index < -0.39 is 0 Å². The van der Waals surface area contributed by atoms with Crippen LogP contribution in [0.5, 0.6) is 0 Å². The van der Waals surface area contributed by atoms with Crippen LogP contribution in [0.3, 0.4) is 0 Å². The third-order valence-corrected chi connectivity index (χ3v) is 4.41. The first kappa shape index (κ1) is 14.3. The summed E-state index contributed by atoms with van der Waals surface area (Å²) >= 11 is 0. The largest absolute Gasteiger partial charge is 0.297 e. The van der Waals surface area contributed by atoms with Crippen molar-refractivity contribution in [3.05, 3.63) is 35.4 Å². The van der Waals surface area contributed by atoms with E-state index in [1.54, 1.807) is 0 Å². The van der Waals surface area contributed by atoms with E-state index in [1.165, 1.54) is 36.3 Å². The van der Waals surface area contributed by atoms with Gasteiger partial charge in [-0.2, -0.15) is 10.2 Å². The molecule has 1 fully saturated rings. The van der Waals surface area contributed by atoms with Crippen LogP contribution in [-0.4, -0.2) is 38.0 Å². The molecule has 0 spiro atoms. The third-order valence-electron chi connectivity index (χ3n) is 4.41. The van der Waals surface area contributed by atoms with E-state index in [1.807, 2.05) is 12.4 Å². The Hall–Kier alpha value is -1.62. The number of nitrogens with zero attached hydrogens (tertiary/aromatic N) is 4. The predicted octanol–water partition coefficient (Wildman–Crippen LogP) is 2.88. The third kappa shape index (κ3) is 3.02. The van der Waals surface area contributed by atoms with Crippen molar-refractivity contribution in [1.82, 2.24) is 24.9 Å². The minimum atomic E-state index is 0.422. The number of H-pyrrole nitrogens is 1. The first-order chi connectivity index (χ1) is 10.1. The highest BCUT2D eigenvalue weighted by atomic mass is 15.3. The van der Waals surface area contributed by atoms with Crippen LogP contribution in [0.1, 0.15) is 55.6 Å².